The molecule has 0 radical (unpaired) electrons. The zero-order valence-electron chi connectivity index (χ0n) is 9.19. The van der Waals surface area contributed by atoms with Gasteiger partial charge in [-0.05, 0) is 17.7 Å². The zero-order chi connectivity index (χ0) is 12.1. The molecule has 17 heavy (non-hydrogen) atoms. The zero-order valence-corrected chi connectivity index (χ0v) is 10.0. The van der Waals surface area contributed by atoms with Crippen molar-refractivity contribution in [2.45, 2.75) is 19.7 Å². The fourth-order valence-corrected chi connectivity index (χ4v) is 2.08. The first-order valence-electron chi connectivity index (χ1n) is 5.25. The first-order chi connectivity index (χ1) is 8.29. The van der Waals surface area contributed by atoms with E-state index in [4.69, 9.17) is 5.11 Å². The molecule has 1 heterocycles. The Morgan fingerprint density at radius 1 is 1.35 bits per heavy atom. The Hall–Kier alpha value is -1.30. The van der Waals surface area contributed by atoms with E-state index in [1.165, 1.54) is 6.07 Å². The number of hydrogen-bond acceptors (Lipinski definition) is 4. The van der Waals surface area contributed by atoms with Gasteiger partial charge in [0.05, 0.1) is 17.8 Å². The Morgan fingerprint density at radius 3 is 2.94 bits per heavy atom. The summed E-state index contributed by atoms with van der Waals surface area (Å²) in [5.74, 6) is -0.365. The summed E-state index contributed by atoms with van der Waals surface area (Å²) in [5.41, 5.74) is 4.07. The molecule has 2 aromatic rings. The maximum atomic E-state index is 13.1. The van der Waals surface area contributed by atoms with Crippen molar-refractivity contribution >= 4 is 11.3 Å². The van der Waals surface area contributed by atoms with Crippen LogP contribution in [0.1, 0.15) is 16.8 Å². The van der Waals surface area contributed by atoms with Gasteiger partial charge in [0.1, 0.15) is 5.82 Å². The smallest absolute Gasteiger partial charge is 0.128 e. The fourth-order valence-electron chi connectivity index (χ4n) is 1.52. The molecule has 0 aliphatic rings. The lowest BCUT2D eigenvalue weighted by molar-refractivity contribution is 0.275. The Balaban J connectivity index is 1.90. The largest absolute Gasteiger partial charge is 0.392 e. The molecule has 2 rings (SSSR count). The van der Waals surface area contributed by atoms with E-state index < -0.39 is 0 Å². The molecule has 0 saturated heterocycles. The topological polar surface area (TPSA) is 45.1 Å². The van der Waals surface area contributed by atoms with Gasteiger partial charge in [-0.25, -0.2) is 9.37 Å². The van der Waals surface area contributed by atoms with Crippen LogP contribution in [0.2, 0.25) is 0 Å². The number of halogens is 1. The molecule has 2 N–H and O–H groups in total. The number of aliphatic hydroxyl groups excluding tert-OH is 1. The van der Waals surface area contributed by atoms with Crippen LogP contribution in [0.4, 0.5) is 4.39 Å². The molecule has 0 aliphatic heterocycles. The quantitative estimate of drug-likeness (QED) is 0.856. The van der Waals surface area contributed by atoms with E-state index in [1.54, 1.807) is 29.0 Å². The van der Waals surface area contributed by atoms with Crippen LogP contribution in [0.25, 0.3) is 0 Å². The van der Waals surface area contributed by atoms with Gasteiger partial charge in [0.15, 0.2) is 0 Å². The molecular formula is C12H13FN2OS. The minimum absolute atomic E-state index is 0.272. The molecule has 1 aromatic carbocycles. The van der Waals surface area contributed by atoms with E-state index in [2.05, 4.69) is 10.3 Å². The predicted molar refractivity (Wildman–Crippen MR) is 65.0 cm³/mol. The third-order valence-corrected chi connectivity index (χ3v) is 3.03. The lowest BCUT2D eigenvalue weighted by atomic mass is 10.1. The number of hydrogen-bond donors (Lipinski definition) is 2. The van der Waals surface area contributed by atoms with Crippen molar-refractivity contribution in [3.63, 3.8) is 0 Å². The Morgan fingerprint density at radius 2 is 2.24 bits per heavy atom. The summed E-state index contributed by atoms with van der Waals surface area (Å²) < 4.78 is 13.1. The highest BCUT2D eigenvalue weighted by Crippen LogP contribution is 2.10. The van der Waals surface area contributed by atoms with Crippen molar-refractivity contribution < 1.29 is 9.50 Å². The van der Waals surface area contributed by atoms with Crippen molar-refractivity contribution in [2.24, 2.45) is 0 Å². The molecule has 0 unspecified atom stereocenters. The van der Waals surface area contributed by atoms with Crippen LogP contribution >= 0.6 is 11.3 Å². The third-order valence-electron chi connectivity index (χ3n) is 2.40. The summed E-state index contributed by atoms with van der Waals surface area (Å²) in [7, 11) is 0. The third kappa shape index (κ3) is 3.33. The van der Waals surface area contributed by atoms with Gasteiger partial charge in [0.25, 0.3) is 0 Å². The van der Waals surface area contributed by atoms with Crippen LogP contribution < -0.4 is 5.32 Å². The average Bonchev–Trinajstić information content (AvgIpc) is 2.84. The number of nitrogens with zero attached hydrogens (tertiary/aromatic N) is 1. The number of thiazole rings is 1. The van der Waals surface area contributed by atoms with E-state index in [0.717, 1.165) is 11.3 Å². The molecule has 0 fully saturated rings. The van der Waals surface area contributed by atoms with Crippen LogP contribution in [0.15, 0.2) is 29.1 Å². The highest BCUT2D eigenvalue weighted by molar-refractivity contribution is 7.07. The molecule has 0 spiro atoms. The van der Waals surface area contributed by atoms with Crippen LogP contribution in [0.3, 0.4) is 0 Å². The Kier molecular flexibility index (Phi) is 4.19. The van der Waals surface area contributed by atoms with Crippen LogP contribution in [-0.4, -0.2) is 10.1 Å². The lowest BCUT2D eigenvalue weighted by Gasteiger charge is -2.05. The maximum Gasteiger partial charge on any atom is 0.128 e. The second kappa shape index (κ2) is 5.86. The van der Waals surface area contributed by atoms with Gasteiger partial charge in [-0.1, -0.05) is 6.07 Å². The summed E-state index contributed by atoms with van der Waals surface area (Å²) >= 11 is 1.56. The molecule has 0 aliphatic carbocycles. The maximum absolute atomic E-state index is 13.1. The van der Waals surface area contributed by atoms with Gasteiger partial charge in [0, 0.05) is 24.0 Å². The lowest BCUT2D eigenvalue weighted by Crippen LogP contribution is -2.13. The summed E-state index contributed by atoms with van der Waals surface area (Å²) in [6.45, 7) is 1.05. The van der Waals surface area contributed by atoms with Crippen molar-refractivity contribution in [2.75, 3.05) is 0 Å². The normalized spacial score (nSPS) is 10.7. The van der Waals surface area contributed by atoms with Crippen molar-refractivity contribution in [1.82, 2.24) is 10.3 Å². The standard InChI is InChI=1S/C12H13FN2OS/c13-12-2-1-9(3-10(12)6-16)4-14-5-11-7-17-8-15-11/h1-3,7-8,14,16H,4-6H2. The molecule has 0 bridgehead atoms. The summed E-state index contributed by atoms with van der Waals surface area (Å²) in [6, 6.07) is 4.76. The van der Waals surface area contributed by atoms with Crippen LogP contribution in [-0.2, 0) is 19.7 Å². The number of benzene rings is 1. The van der Waals surface area contributed by atoms with Gasteiger partial charge in [-0.3, -0.25) is 0 Å². The SMILES string of the molecule is OCc1cc(CNCc2cscn2)ccc1F. The van der Waals surface area contributed by atoms with Gasteiger partial charge in [0.2, 0.25) is 0 Å². The van der Waals surface area contributed by atoms with E-state index in [1.807, 2.05) is 5.38 Å². The van der Waals surface area contributed by atoms with E-state index >= 15 is 0 Å². The van der Waals surface area contributed by atoms with E-state index in [-0.39, 0.29) is 12.4 Å². The predicted octanol–water partition coefficient (Wildman–Crippen LogP) is 2.06. The molecule has 0 atom stereocenters. The van der Waals surface area contributed by atoms with E-state index in [9.17, 15) is 4.39 Å². The minimum atomic E-state index is -0.365. The van der Waals surface area contributed by atoms with E-state index in [0.29, 0.717) is 18.7 Å². The summed E-state index contributed by atoms with van der Waals surface area (Å²) in [6.07, 6.45) is 0. The van der Waals surface area contributed by atoms with Gasteiger partial charge < -0.3 is 10.4 Å². The molecular weight excluding hydrogens is 239 g/mol. The number of aromatic nitrogens is 1. The summed E-state index contributed by atoms with van der Waals surface area (Å²) in [4.78, 5) is 4.15. The molecule has 0 saturated carbocycles. The van der Waals surface area contributed by atoms with Gasteiger partial charge >= 0.3 is 0 Å². The van der Waals surface area contributed by atoms with Gasteiger partial charge in [-0.15, -0.1) is 11.3 Å². The number of aliphatic hydroxyl groups is 1. The monoisotopic (exact) mass is 252 g/mol. The average molecular weight is 252 g/mol. The Bertz CT molecular complexity index is 473. The number of nitrogens with one attached hydrogen (secondary N) is 1. The first-order valence-corrected chi connectivity index (χ1v) is 6.20. The van der Waals surface area contributed by atoms with Crippen molar-refractivity contribution in [3.8, 4) is 0 Å². The second-order valence-corrected chi connectivity index (χ2v) is 4.39. The molecule has 1 aromatic heterocycles. The first kappa shape index (κ1) is 12.2. The fraction of sp³-hybridized carbons (Fsp3) is 0.250. The highest BCUT2D eigenvalue weighted by Gasteiger charge is 2.02. The molecule has 90 valence electrons. The highest BCUT2D eigenvalue weighted by atomic mass is 32.1. The Labute approximate surface area is 103 Å². The second-order valence-electron chi connectivity index (χ2n) is 3.67. The molecule has 0 amide bonds. The van der Waals surface area contributed by atoms with Crippen LogP contribution in [0, 0.1) is 5.82 Å². The minimum Gasteiger partial charge on any atom is -0.392 e. The molecule has 5 heteroatoms. The molecule has 3 nitrogen and oxygen atoms in total. The van der Waals surface area contributed by atoms with Crippen molar-refractivity contribution in [3.05, 3.63) is 51.7 Å². The summed E-state index contributed by atoms with van der Waals surface area (Å²) in [5, 5.41) is 14.1. The number of rotatable bonds is 5. The van der Waals surface area contributed by atoms with Gasteiger partial charge in [-0.2, -0.15) is 0 Å². The van der Waals surface area contributed by atoms with Crippen molar-refractivity contribution in [1.29, 1.82) is 0 Å². The van der Waals surface area contributed by atoms with Crippen LogP contribution in [0.5, 0.6) is 0 Å².